The van der Waals surface area contributed by atoms with Crippen molar-refractivity contribution in [1.82, 2.24) is 23.9 Å². The number of hydrogen-bond acceptors (Lipinski definition) is 7. The Morgan fingerprint density at radius 2 is 2.04 bits per heavy atom. The van der Waals surface area contributed by atoms with Gasteiger partial charge in [-0.05, 0) is 55.6 Å². The third-order valence-electron chi connectivity index (χ3n) is 4.18. The van der Waals surface area contributed by atoms with Crippen LogP contribution in [0.15, 0.2) is 47.7 Å². The number of nitrogens with zero attached hydrogens (tertiary/aromatic N) is 4. The summed E-state index contributed by atoms with van der Waals surface area (Å²) < 4.78 is 10.9. The lowest BCUT2D eigenvalue weighted by atomic mass is 10.4. The predicted molar refractivity (Wildman–Crippen MR) is 112 cm³/mol. The summed E-state index contributed by atoms with van der Waals surface area (Å²) in [6.45, 7) is 3.91. The van der Waals surface area contributed by atoms with Crippen LogP contribution in [-0.2, 0) is 4.74 Å². The number of fused-ring (bicyclic) bond motifs is 1. The molecule has 4 aromatic rings. The standard InChI is InChI=1S/C15H12N6OS.C4H8O.H2/c1-9-8-12(23-20-9)18-15-17-11-4-7-21(13(11)14(22)19-15)10-2-5-16-6-3-10;1-2-4-5-3-1;/h2-8H,1H3,(H2,17,18,19,22);1-4H2;1H. The second-order valence-corrected chi connectivity index (χ2v) is 7.12. The Balaban J connectivity index is 0.000000352. The number of nitrogens with one attached hydrogen (secondary N) is 2. The molecule has 0 radical (unpaired) electrons. The van der Waals surface area contributed by atoms with Gasteiger partial charge in [0, 0.05) is 38.9 Å². The zero-order valence-corrected chi connectivity index (χ0v) is 16.2. The molecule has 5 heterocycles. The van der Waals surface area contributed by atoms with E-state index in [9.17, 15) is 4.79 Å². The van der Waals surface area contributed by atoms with Crippen LogP contribution in [-0.4, -0.2) is 37.1 Å². The van der Waals surface area contributed by atoms with E-state index >= 15 is 0 Å². The molecule has 1 aliphatic rings. The highest BCUT2D eigenvalue weighted by Crippen LogP contribution is 2.21. The second-order valence-electron chi connectivity index (χ2n) is 6.32. The molecule has 0 unspecified atom stereocenters. The minimum Gasteiger partial charge on any atom is -0.381 e. The summed E-state index contributed by atoms with van der Waals surface area (Å²) in [4.78, 5) is 23.7. The lowest BCUT2D eigenvalue weighted by Crippen LogP contribution is -2.13. The van der Waals surface area contributed by atoms with Crippen LogP contribution in [0.2, 0.25) is 0 Å². The average Bonchev–Trinajstić information content (AvgIpc) is 3.45. The Labute approximate surface area is 166 Å². The summed E-state index contributed by atoms with van der Waals surface area (Å²) in [6, 6.07) is 7.39. The number of anilines is 2. The van der Waals surface area contributed by atoms with Crippen molar-refractivity contribution in [3.8, 4) is 5.69 Å². The zero-order chi connectivity index (χ0) is 19.3. The van der Waals surface area contributed by atoms with Crippen LogP contribution in [0.4, 0.5) is 10.9 Å². The predicted octanol–water partition coefficient (Wildman–Crippen LogP) is 3.66. The van der Waals surface area contributed by atoms with E-state index in [1.165, 1.54) is 24.4 Å². The summed E-state index contributed by atoms with van der Waals surface area (Å²) in [5.74, 6) is 0.402. The van der Waals surface area contributed by atoms with Gasteiger partial charge < -0.3 is 14.6 Å². The highest BCUT2D eigenvalue weighted by Gasteiger charge is 2.11. The van der Waals surface area contributed by atoms with E-state index in [1.54, 1.807) is 17.0 Å². The van der Waals surface area contributed by atoms with E-state index in [0.717, 1.165) is 29.6 Å². The topological polar surface area (TPSA) is 97.7 Å². The van der Waals surface area contributed by atoms with Gasteiger partial charge in [0.1, 0.15) is 10.5 Å². The molecule has 0 amide bonds. The number of H-pyrrole nitrogens is 1. The normalized spacial score (nSPS) is 13.3. The molecule has 8 nitrogen and oxygen atoms in total. The summed E-state index contributed by atoms with van der Waals surface area (Å²) in [6.07, 6.45) is 7.75. The van der Waals surface area contributed by atoms with Gasteiger partial charge in [-0.2, -0.15) is 4.37 Å². The van der Waals surface area contributed by atoms with Gasteiger partial charge in [0.2, 0.25) is 5.95 Å². The van der Waals surface area contributed by atoms with Crippen LogP contribution in [0.5, 0.6) is 0 Å². The second kappa shape index (κ2) is 8.32. The fraction of sp³-hybridized carbons (Fsp3) is 0.263. The molecular formula is C19H22N6O2S. The first-order valence-corrected chi connectivity index (χ1v) is 9.78. The van der Waals surface area contributed by atoms with Gasteiger partial charge in [0.25, 0.3) is 5.56 Å². The molecule has 0 aliphatic carbocycles. The fourth-order valence-corrected chi connectivity index (χ4v) is 3.54. The highest BCUT2D eigenvalue weighted by molar-refractivity contribution is 7.10. The maximum Gasteiger partial charge on any atom is 0.277 e. The molecule has 146 valence electrons. The molecule has 1 saturated heterocycles. The number of aromatic amines is 1. The Bertz CT molecular complexity index is 1110. The van der Waals surface area contributed by atoms with E-state index in [1.807, 2.05) is 37.4 Å². The molecule has 0 aromatic carbocycles. The summed E-state index contributed by atoms with van der Waals surface area (Å²) in [7, 11) is 0. The quantitative estimate of drug-likeness (QED) is 0.547. The number of aryl methyl sites for hydroxylation is 1. The highest BCUT2D eigenvalue weighted by atomic mass is 32.1. The third-order valence-corrected chi connectivity index (χ3v) is 4.98. The number of rotatable bonds is 3. The maximum absolute atomic E-state index is 12.5. The number of aromatic nitrogens is 5. The molecule has 0 bridgehead atoms. The van der Waals surface area contributed by atoms with Crippen molar-refractivity contribution in [3.05, 3.63) is 58.9 Å². The molecule has 0 spiro atoms. The van der Waals surface area contributed by atoms with Crippen LogP contribution in [0.25, 0.3) is 16.7 Å². The monoisotopic (exact) mass is 398 g/mol. The minimum absolute atomic E-state index is 0. The molecule has 1 fully saturated rings. The first kappa shape index (κ1) is 18.3. The molecule has 9 heteroatoms. The zero-order valence-electron chi connectivity index (χ0n) is 15.4. The van der Waals surface area contributed by atoms with E-state index in [4.69, 9.17) is 4.74 Å². The lowest BCUT2D eigenvalue weighted by Gasteiger charge is -2.05. The number of pyridine rings is 1. The Morgan fingerprint density at radius 3 is 2.68 bits per heavy atom. The minimum atomic E-state index is -0.208. The molecule has 28 heavy (non-hydrogen) atoms. The van der Waals surface area contributed by atoms with Gasteiger partial charge >= 0.3 is 0 Å². The molecule has 0 saturated carbocycles. The van der Waals surface area contributed by atoms with Crippen LogP contribution in [0.1, 0.15) is 20.0 Å². The first-order chi connectivity index (χ1) is 13.7. The van der Waals surface area contributed by atoms with Crippen molar-refractivity contribution in [2.24, 2.45) is 0 Å². The summed E-state index contributed by atoms with van der Waals surface area (Å²) in [5, 5.41) is 3.91. The van der Waals surface area contributed by atoms with Crippen molar-refractivity contribution in [2.45, 2.75) is 19.8 Å². The fourth-order valence-electron chi connectivity index (χ4n) is 2.88. The van der Waals surface area contributed by atoms with Crippen molar-refractivity contribution in [2.75, 3.05) is 18.5 Å². The summed E-state index contributed by atoms with van der Waals surface area (Å²) >= 11 is 1.32. The van der Waals surface area contributed by atoms with Crippen LogP contribution in [0.3, 0.4) is 0 Å². The van der Waals surface area contributed by atoms with E-state index in [2.05, 4.69) is 24.6 Å². The van der Waals surface area contributed by atoms with Gasteiger partial charge in [-0.3, -0.25) is 14.8 Å². The lowest BCUT2D eigenvalue weighted by molar-refractivity contribution is 0.198. The SMILES string of the molecule is C1CCOC1.Cc1cc(Nc2nc3ccn(-c4ccncc4)c3c(=O)[nH]2)sn1.[HH]. The van der Waals surface area contributed by atoms with Crippen molar-refractivity contribution in [1.29, 1.82) is 0 Å². The van der Waals surface area contributed by atoms with Gasteiger partial charge in [0.15, 0.2) is 0 Å². The van der Waals surface area contributed by atoms with E-state index < -0.39 is 0 Å². The molecule has 1 aliphatic heterocycles. The maximum atomic E-state index is 12.5. The number of ether oxygens (including phenoxy) is 1. The van der Waals surface area contributed by atoms with Crippen molar-refractivity contribution in [3.63, 3.8) is 0 Å². The molecule has 4 aromatic heterocycles. The van der Waals surface area contributed by atoms with Gasteiger partial charge in [-0.1, -0.05) is 0 Å². The average molecular weight is 398 g/mol. The van der Waals surface area contributed by atoms with Crippen LogP contribution in [0, 0.1) is 6.92 Å². The molecular weight excluding hydrogens is 376 g/mol. The van der Waals surface area contributed by atoms with Gasteiger partial charge in [-0.15, -0.1) is 0 Å². The third kappa shape index (κ3) is 4.10. The van der Waals surface area contributed by atoms with E-state index in [0.29, 0.717) is 17.0 Å². The molecule has 0 atom stereocenters. The van der Waals surface area contributed by atoms with E-state index in [-0.39, 0.29) is 6.99 Å². The van der Waals surface area contributed by atoms with Crippen molar-refractivity contribution < 1.29 is 6.16 Å². The Morgan fingerprint density at radius 1 is 1.25 bits per heavy atom. The number of hydrogen-bond donors (Lipinski definition) is 2. The first-order valence-electron chi connectivity index (χ1n) is 9.00. The molecule has 5 rings (SSSR count). The van der Waals surface area contributed by atoms with Crippen LogP contribution < -0.4 is 10.9 Å². The molecule has 2 N–H and O–H groups in total. The smallest absolute Gasteiger partial charge is 0.277 e. The van der Waals surface area contributed by atoms with Crippen LogP contribution >= 0.6 is 11.5 Å². The summed E-state index contributed by atoms with van der Waals surface area (Å²) in [5.41, 5.74) is 2.70. The van der Waals surface area contributed by atoms with Gasteiger partial charge in [0.05, 0.1) is 11.2 Å². The Hall–Kier alpha value is -3.04. The van der Waals surface area contributed by atoms with Crippen molar-refractivity contribution >= 4 is 33.5 Å². The van der Waals surface area contributed by atoms with Gasteiger partial charge in [-0.25, -0.2) is 4.98 Å². The Kier molecular flexibility index (Phi) is 5.45. The largest absolute Gasteiger partial charge is 0.381 e.